The van der Waals surface area contributed by atoms with Crippen LogP contribution in [0.5, 0.6) is 11.5 Å². The van der Waals surface area contributed by atoms with Crippen LogP contribution >= 0.6 is 0 Å². The summed E-state index contributed by atoms with van der Waals surface area (Å²) in [5.41, 5.74) is 3.50. The van der Waals surface area contributed by atoms with E-state index in [1.807, 2.05) is 13.0 Å². The SMILES string of the molecule is CC1=CC2c3c(cc(C)c(C(=O)NCc4cncnc4)c3O)OC(C)(C)C2CC1. The summed E-state index contributed by atoms with van der Waals surface area (Å²) < 4.78 is 6.31. The minimum atomic E-state index is -0.329. The van der Waals surface area contributed by atoms with E-state index >= 15 is 0 Å². The molecule has 0 bridgehead atoms. The van der Waals surface area contributed by atoms with Crippen molar-refractivity contribution in [3.05, 3.63) is 58.7 Å². The summed E-state index contributed by atoms with van der Waals surface area (Å²) in [6.45, 7) is 8.46. The third kappa shape index (κ3) is 3.48. The molecule has 2 unspecified atom stereocenters. The van der Waals surface area contributed by atoms with E-state index in [4.69, 9.17) is 4.74 Å². The molecule has 4 rings (SSSR count). The molecular formula is C23H27N3O3. The van der Waals surface area contributed by atoms with Crippen LogP contribution in [-0.2, 0) is 6.54 Å². The Labute approximate surface area is 171 Å². The van der Waals surface area contributed by atoms with E-state index in [1.54, 1.807) is 12.4 Å². The Bertz CT molecular complexity index is 983. The van der Waals surface area contributed by atoms with E-state index in [9.17, 15) is 9.90 Å². The highest BCUT2D eigenvalue weighted by Gasteiger charge is 2.46. The molecule has 1 amide bonds. The van der Waals surface area contributed by atoms with Gasteiger partial charge in [0.05, 0.1) is 5.56 Å². The van der Waals surface area contributed by atoms with Crippen molar-refractivity contribution in [1.29, 1.82) is 0 Å². The van der Waals surface area contributed by atoms with Crippen LogP contribution in [0, 0.1) is 12.8 Å². The first-order valence-corrected chi connectivity index (χ1v) is 10.0. The molecule has 2 aliphatic rings. The summed E-state index contributed by atoms with van der Waals surface area (Å²) in [5, 5.41) is 14.0. The van der Waals surface area contributed by atoms with Gasteiger partial charge in [0.15, 0.2) is 0 Å². The Kier molecular flexibility index (Phi) is 4.81. The molecule has 1 aromatic heterocycles. The lowest BCUT2D eigenvalue weighted by Crippen LogP contribution is -2.45. The lowest BCUT2D eigenvalue weighted by Gasteiger charge is -2.46. The van der Waals surface area contributed by atoms with E-state index in [0.717, 1.165) is 24.0 Å². The molecule has 2 atom stereocenters. The predicted molar refractivity (Wildman–Crippen MR) is 110 cm³/mol. The number of fused-ring (bicyclic) bond motifs is 3. The van der Waals surface area contributed by atoms with Gasteiger partial charge in [-0.25, -0.2) is 9.97 Å². The van der Waals surface area contributed by atoms with Crippen molar-refractivity contribution in [1.82, 2.24) is 15.3 Å². The molecule has 0 saturated carbocycles. The number of rotatable bonds is 3. The maximum atomic E-state index is 12.9. The van der Waals surface area contributed by atoms with Crippen LogP contribution in [0.4, 0.5) is 0 Å². The molecule has 1 aliphatic carbocycles. The smallest absolute Gasteiger partial charge is 0.255 e. The van der Waals surface area contributed by atoms with Gasteiger partial charge in [-0.2, -0.15) is 0 Å². The van der Waals surface area contributed by atoms with Crippen LogP contribution in [0.25, 0.3) is 0 Å². The molecule has 0 spiro atoms. The van der Waals surface area contributed by atoms with E-state index < -0.39 is 0 Å². The average molecular weight is 393 g/mol. The number of aromatic hydroxyl groups is 1. The second-order valence-corrected chi connectivity index (χ2v) is 8.65. The van der Waals surface area contributed by atoms with Gasteiger partial charge < -0.3 is 15.2 Å². The Morgan fingerprint density at radius 3 is 2.76 bits per heavy atom. The quantitative estimate of drug-likeness (QED) is 0.769. The maximum absolute atomic E-state index is 12.9. The third-order valence-corrected chi connectivity index (χ3v) is 6.14. The van der Waals surface area contributed by atoms with E-state index in [0.29, 0.717) is 23.4 Å². The van der Waals surface area contributed by atoms with Gasteiger partial charge in [-0.05, 0) is 52.2 Å². The van der Waals surface area contributed by atoms with Gasteiger partial charge in [0.1, 0.15) is 23.4 Å². The fraction of sp³-hybridized carbons (Fsp3) is 0.435. The molecule has 1 aromatic carbocycles. The number of ether oxygens (including phenoxy) is 1. The fourth-order valence-electron chi connectivity index (χ4n) is 4.66. The highest BCUT2D eigenvalue weighted by molar-refractivity contribution is 5.99. The number of allylic oxidation sites excluding steroid dienone is 2. The summed E-state index contributed by atoms with van der Waals surface area (Å²) >= 11 is 0. The van der Waals surface area contributed by atoms with Gasteiger partial charge in [-0.1, -0.05) is 11.6 Å². The third-order valence-electron chi connectivity index (χ3n) is 6.14. The zero-order valence-electron chi connectivity index (χ0n) is 17.3. The second-order valence-electron chi connectivity index (χ2n) is 8.65. The summed E-state index contributed by atoms with van der Waals surface area (Å²) in [5.74, 6) is 0.676. The maximum Gasteiger partial charge on any atom is 0.255 e. The number of hydrogen-bond acceptors (Lipinski definition) is 5. The summed E-state index contributed by atoms with van der Waals surface area (Å²) in [7, 11) is 0. The minimum absolute atomic E-state index is 0.0262. The minimum Gasteiger partial charge on any atom is -0.507 e. The second kappa shape index (κ2) is 7.17. The summed E-state index contributed by atoms with van der Waals surface area (Å²) in [6, 6.07) is 1.88. The van der Waals surface area contributed by atoms with Gasteiger partial charge in [-0.15, -0.1) is 0 Å². The molecule has 6 heteroatoms. The highest BCUT2D eigenvalue weighted by atomic mass is 16.5. The van der Waals surface area contributed by atoms with Crippen molar-refractivity contribution >= 4 is 5.91 Å². The predicted octanol–water partition coefficient (Wildman–Crippen LogP) is 4.03. The first-order chi connectivity index (χ1) is 13.8. The number of hydrogen-bond donors (Lipinski definition) is 2. The Morgan fingerprint density at radius 2 is 2.03 bits per heavy atom. The molecule has 0 saturated heterocycles. The van der Waals surface area contributed by atoms with Crippen LogP contribution in [0.1, 0.15) is 66.6 Å². The Balaban J connectivity index is 1.72. The van der Waals surface area contributed by atoms with Crippen LogP contribution in [-0.4, -0.2) is 26.6 Å². The van der Waals surface area contributed by atoms with Crippen LogP contribution < -0.4 is 10.1 Å². The molecule has 2 N–H and O–H groups in total. The number of nitrogens with one attached hydrogen (secondary N) is 1. The lowest BCUT2D eigenvalue weighted by atomic mass is 9.67. The first-order valence-electron chi connectivity index (χ1n) is 10.0. The van der Waals surface area contributed by atoms with Crippen LogP contribution in [0.15, 0.2) is 36.4 Å². The van der Waals surface area contributed by atoms with Gasteiger partial charge in [-0.3, -0.25) is 4.79 Å². The molecule has 152 valence electrons. The van der Waals surface area contributed by atoms with Gasteiger partial charge in [0.2, 0.25) is 0 Å². The van der Waals surface area contributed by atoms with E-state index in [-0.39, 0.29) is 29.1 Å². The van der Waals surface area contributed by atoms with E-state index in [1.165, 1.54) is 11.9 Å². The number of aromatic nitrogens is 2. The molecule has 2 aromatic rings. The van der Waals surface area contributed by atoms with Gasteiger partial charge in [0.25, 0.3) is 5.91 Å². The normalized spacial score (nSPS) is 22.0. The monoisotopic (exact) mass is 393 g/mol. The summed E-state index contributed by atoms with van der Waals surface area (Å²) in [6.07, 6.45) is 9.02. The molecule has 1 aliphatic heterocycles. The topological polar surface area (TPSA) is 84.3 Å². The largest absolute Gasteiger partial charge is 0.507 e. The number of amides is 1. The van der Waals surface area contributed by atoms with Crippen molar-refractivity contribution in [2.75, 3.05) is 0 Å². The van der Waals surface area contributed by atoms with Gasteiger partial charge in [0, 0.05) is 41.9 Å². The molecule has 6 nitrogen and oxygen atoms in total. The first kappa shape index (κ1) is 19.4. The van der Waals surface area contributed by atoms with Crippen molar-refractivity contribution in [2.45, 2.75) is 58.6 Å². The zero-order chi connectivity index (χ0) is 20.8. The Hall–Kier alpha value is -2.89. The number of phenolic OH excluding ortho intramolecular Hbond substituents is 1. The molecule has 0 radical (unpaired) electrons. The van der Waals surface area contributed by atoms with Crippen molar-refractivity contribution in [2.24, 2.45) is 5.92 Å². The van der Waals surface area contributed by atoms with E-state index in [2.05, 4.69) is 42.1 Å². The lowest BCUT2D eigenvalue weighted by molar-refractivity contribution is 0.0107. The molecular weight excluding hydrogens is 366 g/mol. The number of carbonyl (C=O) groups is 1. The molecule has 0 fully saturated rings. The molecule has 29 heavy (non-hydrogen) atoms. The number of nitrogens with zero attached hydrogens (tertiary/aromatic N) is 2. The number of phenols is 1. The standard InChI is InChI=1S/C23H27N3O3/c1-13-5-6-17-16(7-13)20-18(29-23(17,3)4)8-14(2)19(21(20)27)22(28)26-11-15-9-24-12-25-10-15/h7-10,12,16-17,27H,5-6,11H2,1-4H3,(H,26,28). The van der Waals surface area contributed by atoms with Crippen LogP contribution in [0.3, 0.4) is 0 Å². The Morgan fingerprint density at radius 1 is 1.31 bits per heavy atom. The van der Waals surface area contributed by atoms with Crippen molar-refractivity contribution in [3.63, 3.8) is 0 Å². The van der Waals surface area contributed by atoms with Crippen molar-refractivity contribution in [3.8, 4) is 11.5 Å². The number of carbonyl (C=O) groups excluding carboxylic acids is 1. The molecule has 2 heterocycles. The summed E-state index contributed by atoms with van der Waals surface area (Å²) in [4.78, 5) is 20.8. The highest BCUT2D eigenvalue weighted by Crippen LogP contribution is 2.54. The van der Waals surface area contributed by atoms with Gasteiger partial charge >= 0.3 is 0 Å². The fourth-order valence-corrected chi connectivity index (χ4v) is 4.66. The van der Waals surface area contributed by atoms with Crippen molar-refractivity contribution < 1.29 is 14.6 Å². The number of benzene rings is 1. The average Bonchev–Trinajstić information content (AvgIpc) is 2.66. The zero-order valence-corrected chi connectivity index (χ0v) is 17.3. The number of aryl methyl sites for hydroxylation is 1. The van der Waals surface area contributed by atoms with Crippen LogP contribution in [0.2, 0.25) is 0 Å².